The number of amides is 1. The number of hydrogen-bond donors (Lipinski definition) is 4. The van der Waals surface area contributed by atoms with E-state index < -0.39 is 37.0 Å². The lowest BCUT2D eigenvalue weighted by atomic mass is 9.59. The van der Waals surface area contributed by atoms with Crippen molar-refractivity contribution in [1.29, 1.82) is 0 Å². The van der Waals surface area contributed by atoms with Gasteiger partial charge in [-0.25, -0.2) is 23.1 Å². The van der Waals surface area contributed by atoms with Crippen LogP contribution in [0.4, 0.5) is 17.2 Å². The second kappa shape index (κ2) is 21.0. The van der Waals surface area contributed by atoms with E-state index in [1.54, 1.807) is 25.4 Å². The minimum absolute atomic E-state index is 0.0805. The molecule has 4 N–H and O–H groups in total. The molecule has 6 aromatic rings. The third-order valence-electron chi connectivity index (χ3n) is 16.2. The molecular formula is C56H67N9O8S. The van der Waals surface area contributed by atoms with E-state index in [2.05, 4.69) is 85.0 Å². The van der Waals surface area contributed by atoms with Gasteiger partial charge in [-0.15, -0.1) is 0 Å². The number of methoxy groups -OCH3 is 1. The molecule has 17 nitrogen and oxygen atoms in total. The van der Waals surface area contributed by atoms with Gasteiger partial charge in [0, 0.05) is 87.8 Å². The minimum atomic E-state index is -4.62. The van der Waals surface area contributed by atoms with Gasteiger partial charge in [0.15, 0.2) is 0 Å². The van der Waals surface area contributed by atoms with Crippen molar-refractivity contribution in [3.05, 3.63) is 136 Å². The maximum absolute atomic E-state index is 14.1. The van der Waals surface area contributed by atoms with Gasteiger partial charge in [-0.2, -0.15) is 0 Å². The zero-order chi connectivity index (χ0) is 51.8. The first-order chi connectivity index (χ1) is 35.5. The van der Waals surface area contributed by atoms with Crippen molar-refractivity contribution in [1.82, 2.24) is 29.5 Å². The number of benzene rings is 3. The average Bonchev–Trinajstić information content (AvgIpc) is 3.86. The molecule has 5 heterocycles. The van der Waals surface area contributed by atoms with Crippen LogP contribution in [0.15, 0.2) is 108 Å². The summed E-state index contributed by atoms with van der Waals surface area (Å²) in [6.07, 6.45) is 11.6. The van der Waals surface area contributed by atoms with Crippen molar-refractivity contribution in [2.45, 2.75) is 107 Å². The number of nitro benzene ring substituents is 1. The highest BCUT2D eigenvalue weighted by Crippen LogP contribution is 2.53. The van der Waals surface area contributed by atoms with E-state index >= 15 is 0 Å². The Morgan fingerprint density at radius 1 is 0.932 bits per heavy atom. The monoisotopic (exact) mass is 1030 g/mol. The van der Waals surface area contributed by atoms with Crippen LogP contribution in [0.3, 0.4) is 0 Å². The summed E-state index contributed by atoms with van der Waals surface area (Å²) >= 11 is 0. The molecule has 10 rings (SSSR count). The summed E-state index contributed by atoms with van der Waals surface area (Å²) in [5.41, 5.74) is 3.83. The van der Waals surface area contributed by atoms with Crippen LogP contribution >= 0.6 is 0 Å². The Morgan fingerprint density at radius 3 is 2.42 bits per heavy atom. The number of carbonyl (C=O) groups is 1. The van der Waals surface area contributed by atoms with Crippen LogP contribution in [0.1, 0.15) is 111 Å². The van der Waals surface area contributed by atoms with E-state index in [0.717, 1.165) is 95.0 Å². The lowest BCUT2D eigenvalue weighted by molar-refractivity contribution is -0.384. The Morgan fingerprint density at radius 2 is 1.69 bits per heavy atom. The van der Waals surface area contributed by atoms with Crippen molar-refractivity contribution < 1.29 is 32.7 Å². The summed E-state index contributed by atoms with van der Waals surface area (Å²) in [7, 11) is -2.92. The number of pyridine rings is 2. The van der Waals surface area contributed by atoms with Crippen LogP contribution in [-0.4, -0.2) is 107 Å². The molecular weight excluding hydrogens is 959 g/mol. The Kier molecular flexibility index (Phi) is 14.4. The smallest absolute Gasteiger partial charge is 0.293 e. The Labute approximate surface area is 432 Å². The molecule has 2 saturated carbocycles. The number of piperazine rings is 1. The normalized spacial score (nSPS) is 21.6. The van der Waals surface area contributed by atoms with Crippen LogP contribution in [0.25, 0.3) is 11.0 Å². The number of carbonyl (C=O) groups excluding carboxylic acids is 1. The Bertz CT molecular complexity index is 3100. The zero-order valence-electron chi connectivity index (χ0n) is 42.6. The number of fused-ring (bicyclic) bond motifs is 1. The van der Waals surface area contributed by atoms with E-state index in [0.29, 0.717) is 48.6 Å². The summed E-state index contributed by atoms with van der Waals surface area (Å²) < 4.78 is 41.6. The molecule has 2 aliphatic carbocycles. The summed E-state index contributed by atoms with van der Waals surface area (Å²) in [6, 6.07) is 27.0. The molecule has 4 fully saturated rings. The molecule has 1 spiro atoms. The highest BCUT2D eigenvalue weighted by Gasteiger charge is 2.50. The van der Waals surface area contributed by atoms with Crippen LogP contribution in [-0.2, 0) is 16.6 Å². The van der Waals surface area contributed by atoms with Gasteiger partial charge in [0.25, 0.3) is 21.6 Å². The highest BCUT2D eigenvalue weighted by molar-refractivity contribution is 7.90. The first kappa shape index (κ1) is 50.9. The molecule has 1 amide bonds. The summed E-state index contributed by atoms with van der Waals surface area (Å²) in [5.74, 6) is 1.46. The number of nitrogens with one attached hydrogen (secondary N) is 3. The number of nitro groups is 1. The number of nitrogens with zero attached hydrogens (tertiary/aromatic N) is 6. The van der Waals surface area contributed by atoms with Crippen LogP contribution in [0.2, 0.25) is 0 Å². The summed E-state index contributed by atoms with van der Waals surface area (Å²) in [6.45, 7) is 12.1. The molecule has 2 saturated heterocycles. The predicted molar refractivity (Wildman–Crippen MR) is 284 cm³/mol. The van der Waals surface area contributed by atoms with E-state index in [1.165, 1.54) is 41.2 Å². The van der Waals surface area contributed by atoms with E-state index in [9.17, 15) is 28.4 Å². The minimum Gasteiger partial charge on any atom is -0.497 e. The van der Waals surface area contributed by atoms with Gasteiger partial charge in [-0.3, -0.25) is 24.7 Å². The number of aliphatic hydroxyl groups is 1. The van der Waals surface area contributed by atoms with Crippen LogP contribution in [0.5, 0.6) is 17.2 Å². The third-order valence-corrected chi connectivity index (χ3v) is 17.5. The molecule has 18 heteroatoms. The number of ether oxygens (including phenoxy) is 2. The molecule has 74 heavy (non-hydrogen) atoms. The maximum atomic E-state index is 14.1. The molecule has 4 aliphatic rings. The number of anilines is 2. The number of aromatic nitrogens is 3. The highest BCUT2D eigenvalue weighted by atomic mass is 32.2. The molecule has 0 radical (unpaired) electrons. The molecule has 1 atom stereocenters. The van der Waals surface area contributed by atoms with Crippen molar-refractivity contribution in [3.8, 4) is 17.2 Å². The van der Waals surface area contributed by atoms with Gasteiger partial charge in [0.05, 0.1) is 28.7 Å². The van der Waals surface area contributed by atoms with Gasteiger partial charge in [0.1, 0.15) is 40.0 Å². The second-order valence-electron chi connectivity index (χ2n) is 21.6. The van der Waals surface area contributed by atoms with Gasteiger partial charge in [-0.1, -0.05) is 50.2 Å². The molecule has 3 aromatic heterocycles. The maximum Gasteiger partial charge on any atom is 0.293 e. The molecule has 3 aromatic carbocycles. The molecule has 390 valence electrons. The fourth-order valence-electron chi connectivity index (χ4n) is 11.8. The van der Waals surface area contributed by atoms with Gasteiger partial charge in [0.2, 0.25) is 0 Å². The first-order valence-electron chi connectivity index (χ1n) is 25.9. The third kappa shape index (κ3) is 11.1. The van der Waals surface area contributed by atoms with Crippen molar-refractivity contribution in [2.24, 2.45) is 11.3 Å². The molecule has 0 unspecified atom stereocenters. The fourth-order valence-corrected chi connectivity index (χ4v) is 12.7. The van der Waals surface area contributed by atoms with E-state index in [-0.39, 0.29) is 34.4 Å². The van der Waals surface area contributed by atoms with Crippen molar-refractivity contribution in [3.63, 3.8) is 0 Å². The van der Waals surface area contributed by atoms with E-state index in [1.807, 2.05) is 25.1 Å². The average molecular weight is 1030 g/mol. The number of rotatable bonds is 16. The SMILES string of the molecule is COc1ccc(CN2CCN(C3CC4(CCN(c5cc(Oc6cnc7[nH]ccc7c6)c(C(=O)NS(=O)(=O)c6ccc(NCC7CCC(C)(O)CC7)c([N+](=O)[O-])c6)cn5)CC4)C3)[C@H](c3ccccc3C(C)C)C2)cc1. The van der Waals surface area contributed by atoms with Crippen LogP contribution < -0.4 is 24.4 Å². The van der Waals surface area contributed by atoms with Gasteiger partial charge >= 0.3 is 0 Å². The number of aromatic amines is 1. The standard InChI is InChI=1S/C56H67N9O8S/c1-37(2)45-7-5-6-8-46(45)50-36-62(35-39-9-11-42(72-4)12-10-39)25-26-64(50)41-30-56(31-41)20-23-63(24-21-56)52-29-51(73-43-27-40-17-22-57-53(40)60-33-43)47(34-59-52)54(66)61-74(70,71)44-13-14-48(49(28-44)65(68)69)58-32-38-15-18-55(3,67)19-16-38/h5-14,17,22,27-29,33-34,37-38,41,50,58,67H,15-16,18-21,23-26,30-32,35-36H2,1-4H3,(H,57,60)(H,61,66)/t38?,50-,55?/m0/s1. The predicted octanol–water partition coefficient (Wildman–Crippen LogP) is 9.57. The fraction of sp³-hybridized carbons (Fsp3) is 0.446. The topological polar surface area (TPSA) is 208 Å². The van der Waals surface area contributed by atoms with Gasteiger partial charge < -0.3 is 29.8 Å². The van der Waals surface area contributed by atoms with Gasteiger partial charge in [-0.05, 0) is 129 Å². The summed E-state index contributed by atoms with van der Waals surface area (Å²) in [5, 5.41) is 26.5. The van der Waals surface area contributed by atoms with Crippen molar-refractivity contribution >= 4 is 44.2 Å². The Hall–Kier alpha value is -6.60. The quantitative estimate of drug-likeness (QED) is 0.0526. The number of hydrogen-bond acceptors (Lipinski definition) is 14. The molecule has 0 bridgehead atoms. The summed E-state index contributed by atoms with van der Waals surface area (Å²) in [4.78, 5) is 45.0. The first-order valence-corrected chi connectivity index (χ1v) is 27.4. The number of piperidine rings is 1. The van der Waals surface area contributed by atoms with Crippen LogP contribution in [0, 0.1) is 21.4 Å². The molecule has 2 aliphatic heterocycles. The number of H-pyrrole nitrogens is 1. The van der Waals surface area contributed by atoms with E-state index in [4.69, 9.17) is 14.5 Å². The largest absolute Gasteiger partial charge is 0.497 e. The Balaban J connectivity index is 0.830. The lowest BCUT2D eigenvalue weighted by Crippen LogP contribution is -2.60. The number of sulfonamides is 1. The van der Waals surface area contributed by atoms with Crippen molar-refractivity contribution in [2.75, 3.05) is 56.6 Å². The lowest BCUT2D eigenvalue weighted by Gasteiger charge is -2.58. The zero-order valence-corrected chi connectivity index (χ0v) is 43.4. The second-order valence-corrected chi connectivity index (χ2v) is 23.3.